The Morgan fingerprint density at radius 1 is 1.41 bits per heavy atom. The van der Waals surface area contributed by atoms with Gasteiger partial charge in [0.05, 0.1) is 11.6 Å². The van der Waals surface area contributed by atoms with Crippen LogP contribution in [0.2, 0.25) is 5.02 Å². The lowest BCUT2D eigenvalue weighted by molar-refractivity contribution is -0.122. The van der Waals surface area contributed by atoms with Crippen molar-refractivity contribution in [2.75, 3.05) is 20.2 Å². The van der Waals surface area contributed by atoms with E-state index in [1.165, 1.54) is 4.90 Å². The van der Waals surface area contributed by atoms with Crippen molar-refractivity contribution in [3.05, 3.63) is 28.4 Å². The van der Waals surface area contributed by atoms with Gasteiger partial charge in [0, 0.05) is 13.6 Å². The third-order valence-electron chi connectivity index (χ3n) is 3.31. The minimum absolute atomic E-state index is 0.109. The molecule has 1 N–H and O–H groups in total. The standard InChI is InChI=1S/C15H17ClN2O3S/c1-4-18-14(20)11(17(3)15(18)22)7-9-6-10(16)13(19)12(8-9)21-5-2/h6-8,19H,4-5H2,1-3H3/b11-7-. The number of halogens is 1. The largest absolute Gasteiger partial charge is 0.503 e. The van der Waals surface area contributed by atoms with Crippen LogP contribution >= 0.6 is 23.8 Å². The van der Waals surface area contributed by atoms with Gasteiger partial charge in [-0.05, 0) is 49.8 Å². The smallest absolute Gasteiger partial charge is 0.276 e. The van der Waals surface area contributed by atoms with E-state index >= 15 is 0 Å². The number of phenolic OH excluding ortho intramolecular Hbond substituents is 1. The number of phenols is 1. The maximum absolute atomic E-state index is 12.3. The molecule has 1 amide bonds. The molecule has 1 aliphatic rings. The van der Waals surface area contributed by atoms with Gasteiger partial charge in [-0.3, -0.25) is 9.69 Å². The summed E-state index contributed by atoms with van der Waals surface area (Å²) in [5.74, 6) is 0.0181. The van der Waals surface area contributed by atoms with Crippen molar-refractivity contribution in [2.45, 2.75) is 13.8 Å². The molecule has 118 valence electrons. The van der Waals surface area contributed by atoms with E-state index in [0.29, 0.717) is 29.5 Å². The van der Waals surface area contributed by atoms with Crippen LogP contribution in [0.5, 0.6) is 11.5 Å². The number of hydrogen-bond donors (Lipinski definition) is 1. The number of benzene rings is 1. The lowest BCUT2D eigenvalue weighted by Crippen LogP contribution is -2.30. The van der Waals surface area contributed by atoms with Gasteiger partial charge in [-0.1, -0.05) is 11.6 Å². The third-order valence-corrected chi connectivity index (χ3v) is 4.10. The first-order valence-corrected chi connectivity index (χ1v) is 7.65. The quantitative estimate of drug-likeness (QED) is 0.674. The Balaban J connectivity index is 2.45. The highest BCUT2D eigenvalue weighted by Crippen LogP contribution is 2.36. The van der Waals surface area contributed by atoms with Crippen molar-refractivity contribution < 1.29 is 14.6 Å². The molecule has 1 fully saturated rings. The minimum atomic E-state index is -0.155. The molecule has 5 nitrogen and oxygen atoms in total. The second kappa shape index (κ2) is 6.54. The highest BCUT2D eigenvalue weighted by molar-refractivity contribution is 7.80. The lowest BCUT2D eigenvalue weighted by atomic mass is 10.1. The van der Waals surface area contributed by atoms with Crippen LogP contribution in [-0.4, -0.2) is 46.1 Å². The normalized spacial score (nSPS) is 16.8. The third kappa shape index (κ3) is 2.89. The SMILES string of the molecule is CCOc1cc(/C=C2/C(=O)N(CC)C(=S)N2C)cc(Cl)c1O. The molecule has 1 aromatic rings. The van der Waals surface area contributed by atoms with Gasteiger partial charge in [-0.2, -0.15) is 0 Å². The molecule has 1 saturated heterocycles. The molecule has 1 heterocycles. The number of amides is 1. The molecule has 0 atom stereocenters. The fourth-order valence-electron chi connectivity index (χ4n) is 2.19. The van der Waals surface area contributed by atoms with E-state index < -0.39 is 0 Å². The molecule has 22 heavy (non-hydrogen) atoms. The molecule has 0 radical (unpaired) electrons. The van der Waals surface area contributed by atoms with E-state index in [2.05, 4.69) is 0 Å². The number of carbonyl (C=O) groups excluding carboxylic acids is 1. The van der Waals surface area contributed by atoms with Crippen molar-refractivity contribution >= 4 is 40.9 Å². The van der Waals surface area contributed by atoms with Crippen LogP contribution in [0.1, 0.15) is 19.4 Å². The van der Waals surface area contributed by atoms with Crippen molar-refractivity contribution in [1.29, 1.82) is 0 Å². The van der Waals surface area contributed by atoms with Crippen LogP contribution in [0.3, 0.4) is 0 Å². The summed E-state index contributed by atoms with van der Waals surface area (Å²) >= 11 is 11.2. The Morgan fingerprint density at radius 3 is 2.64 bits per heavy atom. The maximum Gasteiger partial charge on any atom is 0.276 e. The van der Waals surface area contributed by atoms with Crippen LogP contribution < -0.4 is 4.74 Å². The monoisotopic (exact) mass is 340 g/mol. The molecule has 0 unspecified atom stereocenters. The second-order valence-corrected chi connectivity index (χ2v) is 5.48. The first-order valence-electron chi connectivity index (χ1n) is 6.87. The molecule has 0 spiro atoms. The summed E-state index contributed by atoms with van der Waals surface area (Å²) in [5, 5.41) is 10.5. The van der Waals surface area contributed by atoms with Crippen LogP contribution in [-0.2, 0) is 4.79 Å². The number of likely N-dealkylation sites (N-methyl/N-ethyl adjacent to an activating group) is 2. The summed E-state index contributed by atoms with van der Waals surface area (Å²) in [6.07, 6.45) is 1.68. The van der Waals surface area contributed by atoms with Gasteiger partial charge in [0.1, 0.15) is 5.70 Å². The zero-order valence-electron chi connectivity index (χ0n) is 12.6. The Bertz CT molecular complexity index is 660. The molecule has 7 heteroatoms. The van der Waals surface area contributed by atoms with E-state index in [-0.39, 0.29) is 22.4 Å². The molecule has 1 aromatic carbocycles. The molecular formula is C15H17ClN2O3S. The fourth-order valence-corrected chi connectivity index (χ4v) is 2.72. The predicted octanol–water partition coefficient (Wildman–Crippen LogP) is 2.86. The first kappa shape index (κ1) is 16.6. The zero-order valence-corrected chi connectivity index (χ0v) is 14.2. The highest BCUT2D eigenvalue weighted by atomic mass is 35.5. The first-order chi connectivity index (χ1) is 10.4. The average molecular weight is 341 g/mol. The summed E-state index contributed by atoms with van der Waals surface area (Å²) < 4.78 is 5.34. The Kier molecular flexibility index (Phi) is 4.93. The van der Waals surface area contributed by atoms with Gasteiger partial charge in [0.2, 0.25) is 0 Å². The number of carbonyl (C=O) groups is 1. The van der Waals surface area contributed by atoms with Crippen LogP contribution in [0.4, 0.5) is 0 Å². The zero-order chi connectivity index (χ0) is 16.4. The summed E-state index contributed by atoms with van der Waals surface area (Å²) in [5.41, 5.74) is 1.11. The molecular weight excluding hydrogens is 324 g/mol. The highest BCUT2D eigenvalue weighted by Gasteiger charge is 2.34. The van der Waals surface area contributed by atoms with E-state index in [9.17, 15) is 9.90 Å². The summed E-state index contributed by atoms with van der Waals surface area (Å²) in [6.45, 7) is 4.59. The van der Waals surface area contributed by atoms with Crippen LogP contribution in [0.25, 0.3) is 6.08 Å². The molecule has 0 saturated carbocycles. The van der Waals surface area contributed by atoms with Gasteiger partial charge in [0.15, 0.2) is 16.6 Å². The predicted molar refractivity (Wildman–Crippen MR) is 90.0 cm³/mol. The van der Waals surface area contributed by atoms with Crippen LogP contribution in [0.15, 0.2) is 17.8 Å². The van der Waals surface area contributed by atoms with E-state index in [1.54, 1.807) is 30.2 Å². The number of hydrogen-bond acceptors (Lipinski definition) is 4. The summed E-state index contributed by atoms with van der Waals surface area (Å²) in [6, 6.07) is 3.21. The van der Waals surface area contributed by atoms with E-state index in [4.69, 9.17) is 28.6 Å². The molecule has 1 aliphatic heterocycles. The van der Waals surface area contributed by atoms with Gasteiger partial charge in [-0.15, -0.1) is 0 Å². The van der Waals surface area contributed by atoms with Crippen molar-refractivity contribution in [3.8, 4) is 11.5 Å². The molecule has 0 aromatic heterocycles. The van der Waals surface area contributed by atoms with Crippen molar-refractivity contribution in [1.82, 2.24) is 9.80 Å². The number of aromatic hydroxyl groups is 1. The van der Waals surface area contributed by atoms with Crippen molar-refractivity contribution in [2.24, 2.45) is 0 Å². The Hall–Kier alpha value is -1.79. The van der Waals surface area contributed by atoms with E-state index in [1.807, 2.05) is 13.8 Å². The minimum Gasteiger partial charge on any atom is -0.503 e. The molecule has 0 aliphatic carbocycles. The topological polar surface area (TPSA) is 53.0 Å². The lowest BCUT2D eigenvalue weighted by Gasteiger charge is -2.13. The fraction of sp³-hybridized carbons (Fsp3) is 0.333. The number of ether oxygens (including phenoxy) is 1. The van der Waals surface area contributed by atoms with Gasteiger partial charge < -0.3 is 14.7 Å². The number of thiocarbonyl (C=S) groups is 1. The second-order valence-electron chi connectivity index (χ2n) is 4.70. The van der Waals surface area contributed by atoms with Gasteiger partial charge >= 0.3 is 0 Å². The Labute approximate surface area is 139 Å². The van der Waals surface area contributed by atoms with Crippen molar-refractivity contribution in [3.63, 3.8) is 0 Å². The Morgan fingerprint density at radius 2 is 2.09 bits per heavy atom. The average Bonchev–Trinajstić information content (AvgIpc) is 2.68. The van der Waals surface area contributed by atoms with E-state index in [0.717, 1.165) is 0 Å². The number of rotatable bonds is 4. The molecule has 0 bridgehead atoms. The maximum atomic E-state index is 12.3. The van der Waals surface area contributed by atoms with Gasteiger partial charge in [0.25, 0.3) is 5.91 Å². The summed E-state index contributed by atoms with van der Waals surface area (Å²) in [7, 11) is 1.74. The van der Waals surface area contributed by atoms with Crippen LogP contribution in [0, 0.1) is 0 Å². The van der Waals surface area contributed by atoms with Gasteiger partial charge in [-0.25, -0.2) is 0 Å². The summed E-state index contributed by atoms with van der Waals surface area (Å²) in [4.78, 5) is 15.5. The molecule has 2 rings (SSSR count). The number of nitrogens with zero attached hydrogens (tertiary/aromatic N) is 2.